The summed E-state index contributed by atoms with van der Waals surface area (Å²) in [7, 11) is 0. The minimum atomic E-state index is -0.262. The molecular weight excluding hydrogens is 326 g/mol. The Balaban J connectivity index is 1.63. The van der Waals surface area contributed by atoms with Crippen LogP contribution in [-0.4, -0.2) is 25.8 Å². The first-order valence-electron chi connectivity index (χ1n) is 8.59. The van der Waals surface area contributed by atoms with Gasteiger partial charge in [-0.05, 0) is 30.2 Å². The summed E-state index contributed by atoms with van der Waals surface area (Å²) < 4.78 is 0. The van der Waals surface area contributed by atoms with Crippen molar-refractivity contribution in [1.29, 1.82) is 0 Å². The standard InChI is InChI=1S/C20H19N5O/c1-12(2)18(19-23-15-9-5-6-10-16(15)24-19)25-20(26)17-11-21-13-7-3-4-8-14(13)22-17/h3-12,18H,1-2H3,(H,23,24)(H,25,26)/t18-/m0/s1. The first kappa shape index (κ1) is 16.2. The van der Waals surface area contributed by atoms with E-state index in [9.17, 15) is 4.79 Å². The Bertz CT molecular complexity index is 1050. The normalized spacial score (nSPS) is 12.6. The number of rotatable bonds is 4. The molecule has 0 spiro atoms. The summed E-state index contributed by atoms with van der Waals surface area (Å²) in [6.45, 7) is 4.09. The Morgan fingerprint density at radius 1 is 0.962 bits per heavy atom. The van der Waals surface area contributed by atoms with Crippen molar-refractivity contribution < 1.29 is 4.79 Å². The van der Waals surface area contributed by atoms with E-state index in [0.29, 0.717) is 11.2 Å². The predicted molar refractivity (Wildman–Crippen MR) is 101 cm³/mol. The minimum Gasteiger partial charge on any atom is -0.340 e. The number of fused-ring (bicyclic) bond motifs is 2. The highest BCUT2D eigenvalue weighted by Crippen LogP contribution is 2.22. The summed E-state index contributed by atoms with van der Waals surface area (Å²) in [5.41, 5.74) is 3.60. The molecule has 0 aliphatic rings. The SMILES string of the molecule is CC(C)[C@H](NC(=O)c1cnc2ccccc2n1)c1nc2ccccc2[nH]1. The fourth-order valence-corrected chi connectivity index (χ4v) is 2.95. The molecule has 0 aliphatic heterocycles. The average Bonchev–Trinajstić information content (AvgIpc) is 3.09. The second-order valence-corrected chi connectivity index (χ2v) is 6.58. The summed E-state index contributed by atoms with van der Waals surface area (Å²) in [6, 6.07) is 15.1. The summed E-state index contributed by atoms with van der Waals surface area (Å²) in [5.74, 6) is 0.638. The van der Waals surface area contributed by atoms with Crippen LogP contribution < -0.4 is 5.32 Å². The van der Waals surface area contributed by atoms with Gasteiger partial charge in [0.05, 0.1) is 34.3 Å². The average molecular weight is 345 g/mol. The fourth-order valence-electron chi connectivity index (χ4n) is 2.95. The lowest BCUT2D eigenvalue weighted by Gasteiger charge is -2.20. The molecule has 6 nitrogen and oxygen atoms in total. The Morgan fingerprint density at radius 2 is 1.65 bits per heavy atom. The molecule has 2 heterocycles. The quantitative estimate of drug-likeness (QED) is 0.591. The number of hydrogen-bond acceptors (Lipinski definition) is 4. The molecule has 0 bridgehead atoms. The van der Waals surface area contributed by atoms with E-state index in [2.05, 4.69) is 25.3 Å². The highest BCUT2D eigenvalue weighted by Gasteiger charge is 2.23. The largest absolute Gasteiger partial charge is 0.340 e. The molecule has 6 heteroatoms. The van der Waals surface area contributed by atoms with Gasteiger partial charge in [-0.3, -0.25) is 9.78 Å². The Labute approximate surface area is 150 Å². The van der Waals surface area contributed by atoms with Crippen molar-refractivity contribution in [2.24, 2.45) is 5.92 Å². The van der Waals surface area contributed by atoms with Crippen molar-refractivity contribution >= 4 is 28.0 Å². The molecule has 4 rings (SSSR count). The van der Waals surface area contributed by atoms with Crippen LogP contribution in [0, 0.1) is 5.92 Å². The number of benzene rings is 2. The number of para-hydroxylation sites is 4. The van der Waals surface area contributed by atoms with Crippen molar-refractivity contribution in [3.05, 3.63) is 66.2 Å². The van der Waals surface area contributed by atoms with E-state index in [0.717, 1.165) is 22.4 Å². The van der Waals surface area contributed by atoms with Crippen LogP contribution in [0.3, 0.4) is 0 Å². The summed E-state index contributed by atoms with van der Waals surface area (Å²) in [4.78, 5) is 29.4. The number of imidazole rings is 1. The van der Waals surface area contributed by atoms with Crippen molar-refractivity contribution in [3.63, 3.8) is 0 Å². The highest BCUT2D eigenvalue weighted by molar-refractivity contribution is 5.94. The molecule has 1 atom stereocenters. The Hall–Kier alpha value is -3.28. The number of aromatic nitrogens is 4. The molecule has 4 aromatic rings. The first-order valence-corrected chi connectivity index (χ1v) is 8.59. The molecule has 0 radical (unpaired) electrons. The number of aromatic amines is 1. The summed E-state index contributed by atoms with van der Waals surface area (Å²) >= 11 is 0. The number of amides is 1. The van der Waals surface area contributed by atoms with E-state index in [1.165, 1.54) is 6.20 Å². The van der Waals surface area contributed by atoms with Gasteiger partial charge in [0.1, 0.15) is 11.5 Å². The van der Waals surface area contributed by atoms with Crippen molar-refractivity contribution in [2.45, 2.75) is 19.9 Å². The van der Waals surface area contributed by atoms with Crippen molar-refractivity contribution in [1.82, 2.24) is 25.3 Å². The maximum atomic E-state index is 12.7. The smallest absolute Gasteiger partial charge is 0.272 e. The second kappa shape index (κ2) is 6.55. The van der Waals surface area contributed by atoms with Crippen molar-refractivity contribution in [3.8, 4) is 0 Å². The first-order chi connectivity index (χ1) is 12.6. The van der Waals surface area contributed by atoms with Gasteiger partial charge in [-0.25, -0.2) is 9.97 Å². The number of carbonyl (C=O) groups is 1. The van der Waals surface area contributed by atoms with Crippen LogP contribution in [0.5, 0.6) is 0 Å². The molecule has 0 unspecified atom stereocenters. The van der Waals surface area contributed by atoms with E-state index in [1.807, 2.05) is 62.4 Å². The van der Waals surface area contributed by atoms with Gasteiger partial charge in [0.15, 0.2) is 0 Å². The zero-order valence-corrected chi connectivity index (χ0v) is 14.6. The van der Waals surface area contributed by atoms with E-state index in [-0.39, 0.29) is 17.9 Å². The van der Waals surface area contributed by atoms with Gasteiger partial charge in [0.2, 0.25) is 0 Å². The lowest BCUT2D eigenvalue weighted by Crippen LogP contribution is -2.33. The van der Waals surface area contributed by atoms with Crippen molar-refractivity contribution in [2.75, 3.05) is 0 Å². The molecule has 0 saturated heterocycles. The molecule has 2 aromatic carbocycles. The molecule has 2 N–H and O–H groups in total. The van der Waals surface area contributed by atoms with Crippen LogP contribution in [0.1, 0.15) is 36.2 Å². The van der Waals surface area contributed by atoms with Crippen LogP contribution in [0.4, 0.5) is 0 Å². The summed E-state index contributed by atoms with van der Waals surface area (Å²) in [5, 5.41) is 3.04. The van der Waals surface area contributed by atoms with Crippen LogP contribution in [0.25, 0.3) is 22.1 Å². The van der Waals surface area contributed by atoms with Gasteiger partial charge in [-0.1, -0.05) is 38.1 Å². The Morgan fingerprint density at radius 3 is 2.38 bits per heavy atom. The molecule has 130 valence electrons. The van der Waals surface area contributed by atoms with Crippen LogP contribution in [0.15, 0.2) is 54.7 Å². The number of hydrogen-bond donors (Lipinski definition) is 2. The number of H-pyrrole nitrogens is 1. The fraction of sp³-hybridized carbons (Fsp3) is 0.200. The van der Waals surface area contributed by atoms with Gasteiger partial charge in [-0.15, -0.1) is 0 Å². The van der Waals surface area contributed by atoms with E-state index in [4.69, 9.17) is 0 Å². The van der Waals surface area contributed by atoms with Gasteiger partial charge < -0.3 is 10.3 Å². The molecule has 0 fully saturated rings. The van der Waals surface area contributed by atoms with Crippen LogP contribution in [-0.2, 0) is 0 Å². The van der Waals surface area contributed by atoms with Crippen LogP contribution >= 0.6 is 0 Å². The van der Waals surface area contributed by atoms with Gasteiger partial charge in [-0.2, -0.15) is 0 Å². The lowest BCUT2D eigenvalue weighted by molar-refractivity contribution is 0.0918. The maximum absolute atomic E-state index is 12.7. The second-order valence-electron chi connectivity index (χ2n) is 6.58. The third kappa shape index (κ3) is 3.01. The number of carbonyl (C=O) groups excluding carboxylic acids is 1. The van der Waals surface area contributed by atoms with Crippen LogP contribution in [0.2, 0.25) is 0 Å². The number of nitrogens with zero attached hydrogens (tertiary/aromatic N) is 3. The monoisotopic (exact) mass is 345 g/mol. The molecule has 1 amide bonds. The molecule has 0 aliphatic carbocycles. The maximum Gasteiger partial charge on any atom is 0.272 e. The zero-order chi connectivity index (χ0) is 18.1. The van der Waals surface area contributed by atoms with Gasteiger partial charge >= 0.3 is 0 Å². The molecule has 0 saturated carbocycles. The van der Waals surface area contributed by atoms with Gasteiger partial charge in [0, 0.05) is 0 Å². The predicted octanol–water partition coefficient (Wildman–Crippen LogP) is 3.63. The molecule has 2 aromatic heterocycles. The summed E-state index contributed by atoms with van der Waals surface area (Å²) in [6.07, 6.45) is 1.51. The van der Waals surface area contributed by atoms with E-state index < -0.39 is 0 Å². The highest BCUT2D eigenvalue weighted by atomic mass is 16.2. The third-order valence-corrected chi connectivity index (χ3v) is 4.34. The minimum absolute atomic E-state index is 0.160. The van der Waals surface area contributed by atoms with Gasteiger partial charge in [0.25, 0.3) is 5.91 Å². The third-order valence-electron chi connectivity index (χ3n) is 4.34. The Kier molecular flexibility index (Phi) is 4.08. The molecular formula is C20H19N5O. The van der Waals surface area contributed by atoms with E-state index >= 15 is 0 Å². The zero-order valence-electron chi connectivity index (χ0n) is 14.6. The number of nitrogens with one attached hydrogen (secondary N) is 2. The lowest BCUT2D eigenvalue weighted by atomic mass is 10.0. The molecule has 26 heavy (non-hydrogen) atoms. The topological polar surface area (TPSA) is 83.6 Å². The van der Waals surface area contributed by atoms with E-state index in [1.54, 1.807) is 0 Å².